The molecule has 0 aromatic heterocycles. The summed E-state index contributed by atoms with van der Waals surface area (Å²) in [6, 6.07) is 14.8. The molecule has 0 atom stereocenters. The molecule has 0 spiro atoms. The Hall–Kier alpha value is -2.86. The standard InChI is InChI=1S/C21H23N3O3/c25-20(15-1-2-15)22-17-5-3-16(4-6-17)21(26)23-18-7-9-19(10-8-18)24-11-13-27-14-12-24/h3-10,15H,1-2,11-14H2,(H,22,25)(H,23,26). The zero-order chi connectivity index (χ0) is 18.6. The molecule has 0 unspecified atom stereocenters. The van der Waals surface area contributed by atoms with Crippen molar-refractivity contribution in [1.29, 1.82) is 0 Å². The molecule has 1 aliphatic heterocycles. The fourth-order valence-corrected chi connectivity index (χ4v) is 3.08. The van der Waals surface area contributed by atoms with E-state index in [1.807, 2.05) is 24.3 Å². The van der Waals surface area contributed by atoms with E-state index in [9.17, 15) is 9.59 Å². The summed E-state index contributed by atoms with van der Waals surface area (Å²) in [5.74, 6) is 0.0511. The first-order chi connectivity index (χ1) is 13.2. The van der Waals surface area contributed by atoms with Gasteiger partial charge in [0.1, 0.15) is 0 Å². The molecule has 4 rings (SSSR count). The minimum atomic E-state index is -0.172. The highest BCUT2D eigenvalue weighted by atomic mass is 16.5. The lowest BCUT2D eigenvalue weighted by Gasteiger charge is -2.28. The van der Waals surface area contributed by atoms with E-state index in [4.69, 9.17) is 4.74 Å². The molecule has 1 aliphatic carbocycles. The normalized spacial score (nSPS) is 16.7. The van der Waals surface area contributed by atoms with Gasteiger partial charge < -0.3 is 20.3 Å². The topological polar surface area (TPSA) is 70.7 Å². The molecule has 2 amide bonds. The lowest BCUT2D eigenvalue weighted by atomic mass is 10.1. The molecule has 27 heavy (non-hydrogen) atoms. The van der Waals surface area contributed by atoms with Crippen LogP contribution in [0.1, 0.15) is 23.2 Å². The van der Waals surface area contributed by atoms with Crippen LogP contribution < -0.4 is 15.5 Å². The summed E-state index contributed by atoms with van der Waals surface area (Å²) in [5.41, 5.74) is 3.16. The minimum Gasteiger partial charge on any atom is -0.378 e. The van der Waals surface area contributed by atoms with Gasteiger partial charge in [-0.1, -0.05) is 0 Å². The van der Waals surface area contributed by atoms with Crippen LogP contribution in [0.5, 0.6) is 0 Å². The first kappa shape index (κ1) is 17.5. The van der Waals surface area contributed by atoms with Crippen LogP contribution in [-0.2, 0) is 9.53 Å². The van der Waals surface area contributed by atoms with Crippen molar-refractivity contribution in [2.75, 3.05) is 41.8 Å². The molecule has 6 nitrogen and oxygen atoms in total. The Morgan fingerprint density at radius 1 is 0.852 bits per heavy atom. The number of benzene rings is 2. The molecular formula is C21H23N3O3. The summed E-state index contributed by atoms with van der Waals surface area (Å²) in [4.78, 5) is 26.5. The highest BCUT2D eigenvalue weighted by Crippen LogP contribution is 2.30. The molecule has 140 valence electrons. The van der Waals surface area contributed by atoms with E-state index in [2.05, 4.69) is 15.5 Å². The summed E-state index contributed by atoms with van der Waals surface area (Å²) < 4.78 is 5.37. The summed E-state index contributed by atoms with van der Waals surface area (Å²) >= 11 is 0. The van der Waals surface area contributed by atoms with Gasteiger partial charge in [-0.3, -0.25) is 9.59 Å². The van der Waals surface area contributed by atoms with Gasteiger partial charge in [0, 0.05) is 41.6 Å². The van der Waals surface area contributed by atoms with Crippen molar-refractivity contribution in [3.05, 3.63) is 54.1 Å². The first-order valence-electron chi connectivity index (χ1n) is 9.34. The molecule has 6 heteroatoms. The van der Waals surface area contributed by atoms with Gasteiger partial charge in [0.25, 0.3) is 5.91 Å². The van der Waals surface area contributed by atoms with E-state index < -0.39 is 0 Å². The summed E-state index contributed by atoms with van der Waals surface area (Å²) in [6.07, 6.45) is 1.94. The SMILES string of the molecule is O=C(Nc1ccc(N2CCOCC2)cc1)c1ccc(NC(=O)C2CC2)cc1. The molecule has 2 aliphatic rings. The van der Waals surface area contributed by atoms with Gasteiger partial charge in [0.15, 0.2) is 0 Å². The average Bonchev–Trinajstić information content (AvgIpc) is 3.55. The van der Waals surface area contributed by atoms with Crippen molar-refractivity contribution < 1.29 is 14.3 Å². The van der Waals surface area contributed by atoms with Crippen LogP contribution in [0.15, 0.2) is 48.5 Å². The number of ether oxygens (including phenoxy) is 1. The quantitative estimate of drug-likeness (QED) is 0.854. The predicted octanol–water partition coefficient (Wildman–Crippen LogP) is 3.12. The third-order valence-electron chi connectivity index (χ3n) is 4.86. The Balaban J connectivity index is 1.34. The van der Waals surface area contributed by atoms with Crippen LogP contribution in [0.4, 0.5) is 17.1 Å². The Morgan fingerprint density at radius 3 is 2.07 bits per heavy atom. The third-order valence-corrected chi connectivity index (χ3v) is 4.86. The van der Waals surface area contributed by atoms with Gasteiger partial charge in [-0.15, -0.1) is 0 Å². The second kappa shape index (κ2) is 7.80. The number of nitrogens with one attached hydrogen (secondary N) is 2. The van der Waals surface area contributed by atoms with Crippen LogP contribution in [0.25, 0.3) is 0 Å². The Kier molecular flexibility index (Phi) is 5.07. The predicted molar refractivity (Wildman–Crippen MR) is 105 cm³/mol. The Bertz CT molecular complexity index is 808. The van der Waals surface area contributed by atoms with Crippen LogP contribution in [0.3, 0.4) is 0 Å². The van der Waals surface area contributed by atoms with Crippen LogP contribution in [0.2, 0.25) is 0 Å². The van der Waals surface area contributed by atoms with E-state index in [0.717, 1.165) is 56.2 Å². The molecule has 1 heterocycles. The van der Waals surface area contributed by atoms with Gasteiger partial charge in [-0.05, 0) is 61.4 Å². The second-order valence-electron chi connectivity index (χ2n) is 6.94. The largest absolute Gasteiger partial charge is 0.378 e. The maximum Gasteiger partial charge on any atom is 0.255 e. The highest BCUT2D eigenvalue weighted by Gasteiger charge is 2.29. The number of hydrogen-bond acceptors (Lipinski definition) is 4. The number of amides is 2. The molecule has 0 radical (unpaired) electrons. The van der Waals surface area contributed by atoms with Gasteiger partial charge in [-0.25, -0.2) is 0 Å². The van der Waals surface area contributed by atoms with Crippen LogP contribution in [-0.4, -0.2) is 38.1 Å². The number of nitrogens with zero attached hydrogens (tertiary/aromatic N) is 1. The zero-order valence-electron chi connectivity index (χ0n) is 15.1. The summed E-state index contributed by atoms with van der Waals surface area (Å²) in [5, 5.41) is 5.78. The molecule has 1 saturated heterocycles. The zero-order valence-corrected chi connectivity index (χ0v) is 15.1. The maximum atomic E-state index is 12.4. The highest BCUT2D eigenvalue weighted by molar-refractivity contribution is 6.04. The lowest BCUT2D eigenvalue weighted by molar-refractivity contribution is -0.117. The number of carbonyl (C=O) groups is 2. The minimum absolute atomic E-state index is 0.0626. The average molecular weight is 365 g/mol. The third kappa shape index (κ3) is 4.46. The molecule has 2 N–H and O–H groups in total. The number of morpholine rings is 1. The fraction of sp³-hybridized carbons (Fsp3) is 0.333. The van der Waals surface area contributed by atoms with Crippen molar-refractivity contribution in [3.63, 3.8) is 0 Å². The lowest BCUT2D eigenvalue weighted by Crippen LogP contribution is -2.36. The van der Waals surface area contributed by atoms with Crippen LogP contribution >= 0.6 is 0 Å². The van der Waals surface area contributed by atoms with Crippen molar-refractivity contribution in [1.82, 2.24) is 0 Å². The smallest absolute Gasteiger partial charge is 0.255 e. The first-order valence-corrected chi connectivity index (χ1v) is 9.34. The number of hydrogen-bond donors (Lipinski definition) is 2. The van der Waals surface area contributed by atoms with Crippen molar-refractivity contribution in [2.45, 2.75) is 12.8 Å². The fourth-order valence-electron chi connectivity index (χ4n) is 3.08. The van der Waals surface area contributed by atoms with Crippen LogP contribution in [0, 0.1) is 5.92 Å². The molecule has 2 fully saturated rings. The summed E-state index contributed by atoms with van der Waals surface area (Å²) in [6.45, 7) is 3.26. The van der Waals surface area contributed by atoms with Gasteiger partial charge in [-0.2, -0.15) is 0 Å². The van der Waals surface area contributed by atoms with Crippen molar-refractivity contribution >= 4 is 28.9 Å². The van der Waals surface area contributed by atoms with E-state index in [1.54, 1.807) is 24.3 Å². The molecule has 2 aromatic rings. The van der Waals surface area contributed by atoms with Crippen molar-refractivity contribution in [2.24, 2.45) is 5.92 Å². The Morgan fingerprint density at radius 2 is 1.44 bits per heavy atom. The summed E-state index contributed by atoms with van der Waals surface area (Å²) in [7, 11) is 0. The van der Waals surface area contributed by atoms with Gasteiger partial charge >= 0.3 is 0 Å². The van der Waals surface area contributed by atoms with E-state index in [0.29, 0.717) is 5.56 Å². The van der Waals surface area contributed by atoms with E-state index >= 15 is 0 Å². The molecular weight excluding hydrogens is 342 g/mol. The van der Waals surface area contributed by atoms with E-state index in [1.165, 1.54) is 0 Å². The maximum absolute atomic E-state index is 12.4. The molecule has 2 aromatic carbocycles. The number of rotatable bonds is 5. The monoisotopic (exact) mass is 365 g/mol. The number of anilines is 3. The van der Waals surface area contributed by atoms with E-state index in [-0.39, 0.29) is 17.7 Å². The van der Waals surface area contributed by atoms with Crippen molar-refractivity contribution in [3.8, 4) is 0 Å². The molecule has 1 saturated carbocycles. The molecule has 0 bridgehead atoms. The second-order valence-corrected chi connectivity index (χ2v) is 6.94. The number of carbonyl (C=O) groups excluding carboxylic acids is 2. The van der Waals surface area contributed by atoms with Gasteiger partial charge in [0.05, 0.1) is 13.2 Å². The Labute approximate surface area is 158 Å². The van der Waals surface area contributed by atoms with Gasteiger partial charge in [0.2, 0.25) is 5.91 Å².